The van der Waals surface area contributed by atoms with Crippen LogP contribution in [0.2, 0.25) is 0 Å². The maximum absolute atomic E-state index is 4.50. The lowest BCUT2D eigenvalue weighted by atomic mass is 10.3. The van der Waals surface area contributed by atoms with Crippen molar-refractivity contribution in [3.8, 4) is 0 Å². The van der Waals surface area contributed by atoms with Crippen LogP contribution in [0.3, 0.4) is 0 Å². The SMILES string of the molecule is CC1CNc2nc3ccccc3n21. The van der Waals surface area contributed by atoms with E-state index in [0.717, 1.165) is 18.0 Å². The lowest BCUT2D eigenvalue weighted by Crippen LogP contribution is -2.02. The lowest BCUT2D eigenvalue weighted by Gasteiger charge is -2.04. The van der Waals surface area contributed by atoms with E-state index in [-0.39, 0.29) is 0 Å². The van der Waals surface area contributed by atoms with Crippen molar-refractivity contribution < 1.29 is 0 Å². The molecule has 1 aromatic heterocycles. The van der Waals surface area contributed by atoms with Gasteiger partial charge in [0.2, 0.25) is 5.95 Å². The molecule has 0 spiro atoms. The van der Waals surface area contributed by atoms with Crippen molar-refractivity contribution in [3.63, 3.8) is 0 Å². The zero-order valence-electron chi connectivity index (χ0n) is 7.49. The van der Waals surface area contributed by atoms with Gasteiger partial charge in [0.05, 0.1) is 17.1 Å². The minimum absolute atomic E-state index is 0.516. The number of nitrogens with zero attached hydrogens (tertiary/aromatic N) is 2. The first kappa shape index (κ1) is 6.95. The molecule has 0 fully saturated rings. The van der Waals surface area contributed by atoms with Crippen molar-refractivity contribution in [2.75, 3.05) is 11.9 Å². The van der Waals surface area contributed by atoms with Gasteiger partial charge < -0.3 is 9.88 Å². The van der Waals surface area contributed by atoms with Crippen LogP contribution in [0.5, 0.6) is 0 Å². The fourth-order valence-corrected chi connectivity index (χ4v) is 1.95. The molecule has 3 nitrogen and oxygen atoms in total. The molecule has 66 valence electrons. The average Bonchev–Trinajstić information content (AvgIpc) is 2.66. The number of hydrogen-bond donors (Lipinski definition) is 1. The van der Waals surface area contributed by atoms with E-state index in [4.69, 9.17) is 0 Å². The van der Waals surface area contributed by atoms with E-state index < -0.39 is 0 Å². The third-order valence-electron chi connectivity index (χ3n) is 2.59. The number of benzene rings is 1. The van der Waals surface area contributed by atoms with Crippen molar-refractivity contribution in [1.82, 2.24) is 9.55 Å². The second kappa shape index (κ2) is 2.25. The third-order valence-corrected chi connectivity index (χ3v) is 2.59. The number of aromatic nitrogens is 2. The Labute approximate surface area is 76.4 Å². The van der Waals surface area contributed by atoms with Crippen LogP contribution in [0.1, 0.15) is 13.0 Å². The number of nitrogens with one attached hydrogen (secondary N) is 1. The molecule has 1 N–H and O–H groups in total. The topological polar surface area (TPSA) is 29.9 Å². The quantitative estimate of drug-likeness (QED) is 0.660. The number of fused-ring (bicyclic) bond motifs is 3. The van der Waals surface area contributed by atoms with Crippen LogP contribution in [0.15, 0.2) is 24.3 Å². The molecule has 0 saturated carbocycles. The first-order valence-corrected chi connectivity index (χ1v) is 4.57. The summed E-state index contributed by atoms with van der Waals surface area (Å²) in [6, 6.07) is 8.77. The summed E-state index contributed by atoms with van der Waals surface area (Å²) in [5.41, 5.74) is 2.31. The molecule has 1 aliphatic heterocycles. The van der Waals surface area contributed by atoms with Gasteiger partial charge >= 0.3 is 0 Å². The first-order chi connectivity index (χ1) is 6.36. The summed E-state index contributed by atoms with van der Waals surface area (Å²) in [5.74, 6) is 1.01. The highest BCUT2D eigenvalue weighted by Crippen LogP contribution is 2.28. The summed E-state index contributed by atoms with van der Waals surface area (Å²) in [4.78, 5) is 4.50. The van der Waals surface area contributed by atoms with E-state index in [1.165, 1.54) is 5.52 Å². The van der Waals surface area contributed by atoms with Gasteiger partial charge in [-0.15, -0.1) is 0 Å². The molecule has 1 unspecified atom stereocenters. The summed E-state index contributed by atoms with van der Waals surface area (Å²) in [7, 11) is 0. The Balaban J connectivity index is 2.40. The molecule has 0 radical (unpaired) electrons. The molecule has 3 heteroatoms. The van der Waals surface area contributed by atoms with E-state index in [9.17, 15) is 0 Å². The Kier molecular flexibility index (Phi) is 1.20. The number of anilines is 1. The Hall–Kier alpha value is -1.51. The predicted molar refractivity (Wildman–Crippen MR) is 52.9 cm³/mol. The van der Waals surface area contributed by atoms with E-state index in [2.05, 4.69) is 40.0 Å². The Morgan fingerprint density at radius 3 is 3.23 bits per heavy atom. The highest BCUT2D eigenvalue weighted by atomic mass is 15.3. The van der Waals surface area contributed by atoms with Crippen molar-refractivity contribution in [1.29, 1.82) is 0 Å². The second-order valence-electron chi connectivity index (χ2n) is 3.52. The van der Waals surface area contributed by atoms with E-state index in [0.29, 0.717) is 6.04 Å². The fourth-order valence-electron chi connectivity index (χ4n) is 1.95. The second-order valence-corrected chi connectivity index (χ2v) is 3.52. The maximum atomic E-state index is 4.50. The summed E-state index contributed by atoms with van der Waals surface area (Å²) in [5, 5.41) is 3.29. The average molecular weight is 173 g/mol. The van der Waals surface area contributed by atoms with Crippen LogP contribution in [-0.2, 0) is 0 Å². The summed E-state index contributed by atoms with van der Waals surface area (Å²) in [6.07, 6.45) is 0. The standard InChI is InChI=1S/C10H11N3/c1-7-6-11-10-12-8-4-2-3-5-9(8)13(7)10/h2-5,7H,6H2,1H3,(H,11,12). The number of rotatable bonds is 0. The first-order valence-electron chi connectivity index (χ1n) is 4.57. The molecule has 1 aromatic carbocycles. The van der Waals surface area contributed by atoms with Crippen LogP contribution < -0.4 is 5.32 Å². The summed E-state index contributed by atoms with van der Waals surface area (Å²) in [6.45, 7) is 3.20. The van der Waals surface area contributed by atoms with E-state index in [1.54, 1.807) is 0 Å². The summed E-state index contributed by atoms with van der Waals surface area (Å²) < 4.78 is 2.26. The highest BCUT2D eigenvalue weighted by molar-refractivity contribution is 5.79. The van der Waals surface area contributed by atoms with Gasteiger partial charge in [-0.1, -0.05) is 12.1 Å². The normalized spacial score (nSPS) is 20.2. The fraction of sp³-hybridized carbons (Fsp3) is 0.300. The molecule has 3 rings (SSSR count). The lowest BCUT2D eigenvalue weighted by molar-refractivity contribution is 0.649. The third kappa shape index (κ3) is 0.813. The van der Waals surface area contributed by atoms with Gasteiger partial charge in [0, 0.05) is 6.54 Å². The summed E-state index contributed by atoms with van der Waals surface area (Å²) >= 11 is 0. The molecular formula is C10H11N3. The molecule has 0 aliphatic carbocycles. The number of imidazole rings is 1. The Morgan fingerprint density at radius 2 is 2.31 bits per heavy atom. The number of hydrogen-bond acceptors (Lipinski definition) is 2. The van der Waals surface area contributed by atoms with Gasteiger partial charge in [-0.25, -0.2) is 4.98 Å². The predicted octanol–water partition coefficient (Wildman–Crippen LogP) is 2.02. The molecule has 0 bridgehead atoms. The zero-order chi connectivity index (χ0) is 8.84. The van der Waals surface area contributed by atoms with Gasteiger partial charge in [0.25, 0.3) is 0 Å². The van der Waals surface area contributed by atoms with Crippen molar-refractivity contribution in [3.05, 3.63) is 24.3 Å². The van der Waals surface area contributed by atoms with Crippen LogP contribution in [-0.4, -0.2) is 16.1 Å². The Morgan fingerprint density at radius 1 is 1.46 bits per heavy atom. The minimum Gasteiger partial charge on any atom is -0.354 e. The van der Waals surface area contributed by atoms with Crippen LogP contribution in [0.4, 0.5) is 5.95 Å². The largest absolute Gasteiger partial charge is 0.354 e. The number of para-hydroxylation sites is 2. The molecule has 2 aromatic rings. The monoisotopic (exact) mass is 173 g/mol. The molecule has 0 saturated heterocycles. The molecule has 1 aliphatic rings. The van der Waals surface area contributed by atoms with Crippen molar-refractivity contribution >= 4 is 17.0 Å². The van der Waals surface area contributed by atoms with E-state index >= 15 is 0 Å². The highest BCUT2D eigenvalue weighted by Gasteiger charge is 2.20. The minimum atomic E-state index is 0.516. The van der Waals surface area contributed by atoms with Gasteiger partial charge in [-0.2, -0.15) is 0 Å². The van der Waals surface area contributed by atoms with Gasteiger partial charge in [0.15, 0.2) is 0 Å². The van der Waals surface area contributed by atoms with Gasteiger partial charge in [0.1, 0.15) is 0 Å². The molecular weight excluding hydrogens is 162 g/mol. The smallest absolute Gasteiger partial charge is 0.204 e. The maximum Gasteiger partial charge on any atom is 0.204 e. The van der Waals surface area contributed by atoms with Crippen LogP contribution in [0.25, 0.3) is 11.0 Å². The van der Waals surface area contributed by atoms with E-state index in [1.807, 2.05) is 6.07 Å². The molecule has 2 heterocycles. The molecule has 0 amide bonds. The zero-order valence-corrected chi connectivity index (χ0v) is 7.49. The van der Waals surface area contributed by atoms with Crippen LogP contribution in [0, 0.1) is 0 Å². The van der Waals surface area contributed by atoms with Gasteiger partial charge in [-0.3, -0.25) is 0 Å². The molecule has 13 heavy (non-hydrogen) atoms. The Bertz CT molecular complexity index is 458. The van der Waals surface area contributed by atoms with Gasteiger partial charge in [-0.05, 0) is 19.1 Å². The molecule has 1 atom stereocenters. The van der Waals surface area contributed by atoms with Crippen molar-refractivity contribution in [2.45, 2.75) is 13.0 Å². The van der Waals surface area contributed by atoms with Crippen LogP contribution >= 0.6 is 0 Å². The van der Waals surface area contributed by atoms with Crippen molar-refractivity contribution in [2.24, 2.45) is 0 Å².